The van der Waals surface area contributed by atoms with E-state index in [0.717, 1.165) is 6.07 Å². The number of carbonyl (C=O) groups is 1. The number of phenolic OH excluding ortho intramolecular Hbond substituents is 1. The molecule has 0 aliphatic rings. The third-order valence-corrected chi connectivity index (χ3v) is 4.37. The Bertz CT molecular complexity index is 1150. The van der Waals surface area contributed by atoms with Crippen LogP contribution in [0.15, 0.2) is 59.7 Å². The van der Waals surface area contributed by atoms with Crippen LogP contribution in [0.5, 0.6) is 5.75 Å². The molecule has 10 heteroatoms. The van der Waals surface area contributed by atoms with Gasteiger partial charge in [-0.2, -0.15) is 18.3 Å². The van der Waals surface area contributed by atoms with Gasteiger partial charge in [-0.1, -0.05) is 29.8 Å². The molecule has 1 amide bonds. The molecule has 6 nitrogen and oxygen atoms in total. The predicted molar refractivity (Wildman–Crippen MR) is 112 cm³/mol. The first kappa shape index (κ1) is 22.1. The van der Waals surface area contributed by atoms with E-state index in [9.17, 15) is 23.1 Å². The normalized spacial score (nSPS) is 11.5. The van der Waals surface area contributed by atoms with E-state index in [1.807, 2.05) is 0 Å². The maximum Gasteiger partial charge on any atom is 0.433 e. The number of nitrogens with zero attached hydrogens (tertiary/aromatic N) is 2. The fraction of sp³-hybridized carbons (Fsp3) is 0.0952. The van der Waals surface area contributed by atoms with Gasteiger partial charge in [0.1, 0.15) is 17.3 Å². The zero-order chi connectivity index (χ0) is 22.6. The number of alkyl halides is 3. The summed E-state index contributed by atoms with van der Waals surface area (Å²) in [6, 6.07) is 12.7. The summed E-state index contributed by atoms with van der Waals surface area (Å²) in [6.45, 7) is 1.73. The predicted octanol–water partition coefficient (Wildman–Crippen LogP) is 5.28. The quantitative estimate of drug-likeness (QED) is 0.366. The van der Waals surface area contributed by atoms with Crippen LogP contribution < -0.4 is 10.7 Å². The van der Waals surface area contributed by atoms with Crippen molar-refractivity contribution in [2.45, 2.75) is 13.1 Å². The van der Waals surface area contributed by atoms with Gasteiger partial charge in [-0.25, -0.2) is 10.4 Å². The summed E-state index contributed by atoms with van der Waals surface area (Å²) < 4.78 is 39.4. The van der Waals surface area contributed by atoms with Gasteiger partial charge in [0.25, 0.3) is 5.91 Å². The highest BCUT2D eigenvalue weighted by molar-refractivity contribution is 6.30. The Morgan fingerprint density at radius 3 is 2.65 bits per heavy atom. The molecule has 0 unspecified atom stereocenters. The molecule has 0 spiro atoms. The smallest absolute Gasteiger partial charge is 0.433 e. The molecule has 1 aromatic heterocycles. The molecule has 0 bridgehead atoms. The molecule has 0 aliphatic carbocycles. The molecule has 0 saturated carbocycles. The van der Waals surface area contributed by atoms with Crippen LogP contribution in [0.1, 0.15) is 27.2 Å². The zero-order valence-corrected chi connectivity index (χ0v) is 16.8. The van der Waals surface area contributed by atoms with Gasteiger partial charge in [0, 0.05) is 10.7 Å². The Labute approximate surface area is 180 Å². The number of phenols is 1. The van der Waals surface area contributed by atoms with Crippen LogP contribution in [0.3, 0.4) is 0 Å². The summed E-state index contributed by atoms with van der Waals surface area (Å²) in [7, 11) is 0. The summed E-state index contributed by atoms with van der Waals surface area (Å²) in [5.74, 6) is -1.06. The maximum atomic E-state index is 13.1. The molecule has 1 heterocycles. The van der Waals surface area contributed by atoms with Gasteiger partial charge in [0.15, 0.2) is 0 Å². The maximum absolute atomic E-state index is 13.1. The van der Waals surface area contributed by atoms with Crippen LogP contribution in [-0.4, -0.2) is 22.2 Å². The van der Waals surface area contributed by atoms with Crippen molar-refractivity contribution in [2.75, 3.05) is 5.32 Å². The second kappa shape index (κ2) is 9.05. The molecule has 0 fully saturated rings. The number of aryl methyl sites for hydroxylation is 1. The number of amides is 1. The molecule has 160 valence electrons. The minimum atomic E-state index is -4.69. The van der Waals surface area contributed by atoms with Crippen LogP contribution in [0.25, 0.3) is 0 Å². The monoisotopic (exact) mass is 448 g/mol. The van der Waals surface area contributed by atoms with Gasteiger partial charge in [-0.15, -0.1) is 0 Å². The number of aromatic hydroxyl groups is 1. The van der Waals surface area contributed by atoms with E-state index in [1.54, 1.807) is 31.2 Å². The van der Waals surface area contributed by atoms with Crippen molar-refractivity contribution in [2.24, 2.45) is 5.10 Å². The summed E-state index contributed by atoms with van der Waals surface area (Å²) in [6.07, 6.45) is -3.41. The van der Waals surface area contributed by atoms with Crippen molar-refractivity contribution >= 4 is 35.2 Å². The number of halogens is 4. The van der Waals surface area contributed by atoms with Gasteiger partial charge in [0.2, 0.25) is 0 Å². The third-order valence-electron chi connectivity index (χ3n) is 4.13. The van der Waals surface area contributed by atoms with Crippen molar-refractivity contribution in [1.29, 1.82) is 0 Å². The van der Waals surface area contributed by atoms with Crippen molar-refractivity contribution in [3.05, 3.63) is 82.0 Å². The number of rotatable bonds is 5. The number of carbonyl (C=O) groups excluding carboxylic acids is 1. The number of hydrogen-bond donors (Lipinski definition) is 3. The molecular formula is C21H16ClF3N4O2. The van der Waals surface area contributed by atoms with E-state index in [-0.39, 0.29) is 17.1 Å². The average Bonchev–Trinajstić information content (AvgIpc) is 2.70. The SMILES string of the molecule is Cc1ccc(Cl)cc1Nc1nc(C(F)(F)F)ccc1C(=O)N/N=C/c1cccc(O)c1. The number of aromatic nitrogens is 1. The second-order valence-corrected chi connectivity index (χ2v) is 6.91. The van der Waals surface area contributed by atoms with E-state index in [2.05, 4.69) is 20.8 Å². The lowest BCUT2D eigenvalue weighted by Gasteiger charge is -2.15. The average molecular weight is 449 g/mol. The molecule has 31 heavy (non-hydrogen) atoms. The van der Waals surface area contributed by atoms with Crippen LogP contribution in [0.2, 0.25) is 5.02 Å². The summed E-state index contributed by atoms with van der Waals surface area (Å²) in [5, 5.41) is 16.3. The fourth-order valence-electron chi connectivity index (χ4n) is 2.58. The molecule has 0 radical (unpaired) electrons. The Balaban J connectivity index is 1.91. The lowest BCUT2D eigenvalue weighted by atomic mass is 10.1. The van der Waals surface area contributed by atoms with E-state index in [0.29, 0.717) is 27.9 Å². The molecule has 0 saturated heterocycles. The van der Waals surface area contributed by atoms with Gasteiger partial charge >= 0.3 is 6.18 Å². The molecule has 0 atom stereocenters. The van der Waals surface area contributed by atoms with Gasteiger partial charge in [0.05, 0.1) is 11.8 Å². The number of hydrazone groups is 1. The minimum Gasteiger partial charge on any atom is -0.508 e. The van der Waals surface area contributed by atoms with Crippen molar-refractivity contribution in [3.8, 4) is 5.75 Å². The summed E-state index contributed by atoms with van der Waals surface area (Å²) >= 11 is 5.97. The van der Waals surface area contributed by atoms with Crippen LogP contribution in [0.4, 0.5) is 24.7 Å². The summed E-state index contributed by atoms with van der Waals surface area (Å²) in [5.41, 5.74) is 2.53. The highest BCUT2D eigenvalue weighted by atomic mass is 35.5. The molecule has 2 aromatic carbocycles. The topological polar surface area (TPSA) is 86.6 Å². The van der Waals surface area contributed by atoms with E-state index in [1.165, 1.54) is 24.4 Å². The van der Waals surface area contributed by atoms with E-state index < -0.39 is 17.8 Å². The minimum absolute atomic E-state index is 0.0191. The highest BCUT2D eigenvalue weighted by Crippen LogP contribution is 2.31. The third kappa shape index (κ3) is 5.73. The number of nitrogens with one attached hydrogen (secondary N) is 2. The molecule has 3 aromatic rings. The fourth-order valence-corrected chi connectivity index (χ4v) is 2.75. The summed E-state index contributed by atoms with van der Waals surface area (Å²) in [4.78, 5) is 16.1. The van der Waals surface area contributed by atoms with E-state index >= 15 is 0 Å². The van der Waals surface area contributed by atoms with Crippen molar-refractivity contribution in [3.63, 3.8) is 0 Å². The van der Waals surface area contributed by atoms with Crippen molar-refractivity contribution < 1.29 is 23.1 Å². The van der Waals surface area contributed by atoms with Gasteiger partial charge in [-0.3, -0.25) is 4.79 Å². The number of anilines is 2. The number of pyridine rings is 1. The van der Waals surface area contributed by atoms with Crippen LogP contribution >= 0.6 is 11.6 Å². The lowest BCUT2D eigenvalue weighted by molar-refractivity contribution is -0.141. The van der Waals surface area contributed by atoms with Gasteiger partial charge in [-0.05, 0) is 54.4 Å². The Hall–Kier alpha value is -3.59. The standard InChI is InChI=1S/C21H16ClF3N4O2/c1-12-5-6-14(22)10-17(12)27-19-16(7-8-18(28-19)21(23,24)25)20(31)29-26-11-13-3-2-4-15(30)9-13/h2-11,30H,1H3,(H,27,28)(H,29,31)/b26-11+. The Kier molecular flexibility index (Phi) is 6.45. The molecule has 3 rings (SSSR count). The lowest BCUT2D eigenvalue weighted by Crippen LogP contribution is -2.21. The number of benzene rings is 2. The number of hydrogen-bond acceptors (Lipinski definition) is 5. The largest absolute Gasteiger partial charge is 0.508 e. The first-order chi connectivity index (χ1) is 14.6. The van der Waals surface area contributed by atoms with Crippen LogP contribution in [0, 0.1) is 6.92 Å². The van der Waals surface area contributed by atoms with Crippen molar-refractivity contribution in [1.82, 2.24) is 10.4 Å². The van der Waals surface area contributed by atoms with E-state index in [4.69, 9.17) is 11.6 Å². The highest BCUT2D eigenvalue weighted by Gasteiger charge is 2.33. The first-order valence-corrected chi connectivity index (χ1v) is 9.25. The Morgan fingerprint density at radius 2 is 1.94 bits per heavy atom. The molecule has 3 N–H and O–H groups in total. The van der Waals surface area contributed by atoms with Gasteiger partial charge < -0.3 is 10.4 Å². The Morgan fingerprint density at radius 1 is 1.16 bits per heavy atom. The molecular weight excluding hydrogens is 433 g/mol. The zero-order valence-electron chi connectivity index (χ0n) is 16.0. The first-order valence-electron chi connectivity index (χ1n) is 8.87. The second-order valence-electron chi connectivity index (χ2n) is 6.47. The molecule has 0 aliphatic heterocycles. The van der Waals surface area contributed by atoms with Crippen LogP contribution in [-0.2, 0) is 6.18 Å².